The molecule has 1 aromatic carbocycles. The van der Waals surface area contributed by atoms with Gasteiger partial charge in [-0.1, -0.05) is 43.2 Å². The van der Waals surface area contributed by atoms with Crippen LogP contribution < -0.4 is 10.6 Å². The second-order valence-corrected chi connectivity index (χ2v) is 7.59. The highest BCUT2D eigenvalue weighted by Gasteiger charge is 2.37. The molecule has 4 nitrogen and oxygen atoms in total. The molecule has 24 heavy (non-hydrogen) atoms. The van der Waals surface area contributed by atoms with Crippen LogP contribution in [0.15, 0.2) is 30.3 Å². The van der Waals surface area contributed by atoms with E-state index in [1.807, 2.05) is 6.07 Å². The number of aliphatic hydroxyl groups is 1. The van der Waals surface area contributed by atoms with Gasteiger partial charge in [0.05, 0.1) is 12.0 Å². The standard InChI is InChI=1S/C20H30N2O2/c1-15(16-8-3-2-4-9-16)22-20(12-5-6-13-20)14-21-19(24)17-10-7-11-18(17)23/h2-4,8-9,15,17-18,22-23H,5-7,10-14H2,1H3,(H,21,24). The maximum atomic E-state index is 12.4. The molecule has 1 amide bonds. The topological polar surface area (TPSA) is 61.4 Å². The molecule has 3 unspecified atom stereocenters. The molecule has 2 aliphatic rings. The Labute approximate surface area is 145 Å². The van der Waals surface area contributed by atoms with Crippen molar-refractivity contribution in [2.75, 3.05) is 6.54 Å². The summed E-state index contributed by atoms with van der Waals surface area (Å²) in [4.78, 5) is 12.4. The van der Waals surface area contributed by atoms with Gasteiger partial charge >= 0.3 is 0 Å². The number of hydrogen-bond donors (Lipinski definition) is 3. The molecule has 0 aromatic heterocycles. The minimum atomic E-state index is -0.458. The summed E-state index contributed by atoms with van der Waals surface area (Å²) in [6, 6.07) is 10.7. The molecule has 132 valence electrons. The number of rotatable bonds is 6. The zero-order chi connectivity index (χ0) is 17.0. The second kappa shape index (κ2) is 7.66. The molecule has 0 heterocycles. The summed E-state index contributed by atoms with van der Waals surface area (Å²) >= 11 is 0. The fraction of sp³-hybridized carbons (Fsp3) is 0.650. The average molecular weight is 330 g/mol. The highest BCUT2D eigenvalue weighted by molar-refractivity contribution is 5.79. The van der Waals surface area contributed by atoms with Crippen LogP contribution in [0.4, 0.5) is 0 Å². The van der Waals surface area contributed by atoms with Crippen molar-refractivity contribution in [2.24, 2.45) is 5.92 Å². The van der Waals surface area contributed by atoms with Gasteiger partial charge in [-0.05, 0) is 44.6 Å². The maximum absolute atomic E-state index is 12.4. The van der Waals surface area contributed by atoms with Gasteiger partial charge in [0.25, 0.3) is 0 Å². The number of aliphatic hydroxyl groups excluding tert-OH is 1. The van der Waals surface area contributed by atoms with Crippen LogP contribution in [0, 0.1) is 5.92 Å². The summed E-state index contributed by atoms with van der Waals surface area (Å²) in [6.07, 6.45) is 6.66. The van der Waals surface area contributed by atoms with E-state index < -0.39 is 6.10 Å². The van der Waals surface area contributed by atoms with Crippen LogP contribution in [0.5, 0.6) is 0 Å². The lowest BCUT2D eigenvalue weighted by Crippen LogP contribution is -2.53. The van der Waals surface area contributed by atoms with E-state index in [9.17, 15) is 9.90 Å². The summed E-state index contributed by atoms with van der Waals surface area (Å²) in [6.45, 7) is 2.85. The first kappa shape index (κ1) is 17.4. The van der Waals surface area contributed by atoms with Crippen LogP contribution >= 0.6 is 0 Å². The second-order valence-electron chi connectivity index (χ2n) is 7.59. The van der Waals surface area contributed by atoms with Crippen molar-refractivity contribution >= 4 is 5.91 Å². The zero-order valence-electron chi connectivity index (χ0n) is 14.6. The Morgan fingerprint density at radius 1 is 1.21 bits per heavy atom. The van der Waals surface area contributed by atoms with Crippen LogP contribution in [0.25, 0.3) is 0 Å². The molecule has 0 bridgehead atoms. The lowest BCUT2D eigenvalue weighted by Gasteiger charge is -2.34. The van der Waals surface area contributed by atoms with Gasteiger partial charge in [0.15, 0.2) is 0 Å². The number of carbonyl (C=O) groups excluding carboxylic acids is 1. The largest absolute Gasteiger partial charge is 0.392 e. The highest BCUT2D eigenvalue weighted by atomic mass is 16.3. The highest BCUT2D eigenvalue weighted by Crippen LogP contribution is 2.32. The maximum Gasteiger partial charge on any atom is 0.225 e. The van der Waals surface area contributed by atoms with Crippen LogP contribution in [-0.4, -0.2) is 29.2 Å². The molecular weight excluding hydrogens is 300 g/mol. The summed E-state index contributed by atoms with van der Waals surface area (Å²) in [5, 5.41) is 16.9. The predicted molar refractivity (Wildman–Crippen MR) is 95.5 cm³/mol. The van der Waals surface area contributed by atoms with E-state index in [4.69, 9.17) is 0 Å². The normalized spacial score (nSPS) is 27.1. The Kier molecular flexibility index (Phi) is 5.57. The summed E-state index contributed by atoms with van der Waals surface area (Å²) in [5.74, 6) is -0.185. The molecular formula is C20H30N2O2. The first-order valence-corrected chi connectivity index (χ1v) is 9.38. The van der Waals surface area contributed by atoms with Crippen molar-refractivity contribution in [3.8, 4) is 0 Å². The summed E-state index contributed by atoms with van der Waals surface area (Å²) in [5.41, 5.74) is 1.26. The Hall–Kier alpha value is -1.39. The molecule has 2 aliphatic carbocycles. The number of hydrogen-bond acceptors (Lipinski definition) is 3. The molecule has 4 heteroatoms. The molecule has 2 saturated carbocycles. The fourth-order valence-corrected chi connectivity index (χ4v) is 4.34. The van der Waals surface area contributed by atoms with Gasteiger partial charge < -0.3 is 15.7 Å². The van der Waals surface area contributed by atoms with Gasteiger partial charge in [-0.2, -0.15) is 0 Å². The van der Waals surface area contributed by atoms with Crippen molar-refractivity contribution < 1.29 is 9.90 Å². The predicted octanol–water partition coefficient (Wildman–Crippen LogP) is 2.93. The first-order valence-electron chi connectivity index (χ1n) is 9.38. The first-order chi connectivity index (χ1) is 11.6. The Bertz CT molecular complexity index is 540. The lowest BCUT2D eigenvalue weighted by atomic mass is 9.94. The number of carbonyl (C=O) groups is 1. The van der Waals surface area contributed by atoms with Crippen molar-refractivity contribution in [3.63, 3.8) is 0 Å². The van der Waals surface area contributed by atoms with Gasteiger partial charge in [-0.25, -0.2) is 0 Å². The van der Waals surface area contributed by atoms with Crippen LogP contribution in [0.1, 0.15) is 63.5 Å². The molecule has 0 aliphatic heterocycles. The monoisotopic (exact) mass is 330 g/mol. The van der Waals surface area contributed by atoms with Crippen LogP contribution in [-0.2, 0) is 4.79 Å². The Morgan fingerprint density at radius 3 is 2.54 bits per heavy atom. The average Bonchev–Trinajstić information content (AvgIpc) is 3.23. The molecule has 3 rings (SSSR count). The van der Waals surface area contributed by atoms with Gasteiger partial charge in [0, 0.05) is 18.1 Å². The van der Waals surface area contributed by atoms with Crippen molar-refractivity contribution in [3.05, 3.63) is 35.9 Å². The Morgan fingerprint density at radius 2 is 1.92 bits per heavy atom. The quantitative estimate of drug-likeness (QED) is 0.751. The number of benzene rings is 1. The van der Waals surface area contributed by atoms with Gasteiger partial charge in [0.1, 0.15) is 0 Å². The molecule has 2 fully saturated rings. The lowest BCUT2D eigenvalue weighted by molar-refractivity contribution is -0.127. The third-order valence-corrected chi connectivity index (χ3v) is 5.80. The van der Waals surface area contributed by atoms with Crippen molar-refractivity contribution in [1.29, 1.82) is 0 Å². The summed E-state index contributed by atoms with van der Waals surface area (Å²) in [7, 11) is 0. The van der Waals surface area contributed by atoms with E-state index in [0.717, 1.165) is 32.1 Å². The smallest absolute Gasteiger partial charge is 0.225 e. The minimum absolute atomic E-state index is 0.0194. The third kappa shape index (κ3) is 3.98. The third-order valence-electron chi connectivity index (χ3n) is 5.80. The molecule has 1 aromatic rings. The van der Waals surface area contributed by atoms with Gasteiger partial charge in [0.2, 0.25) is 5.91 Å². The van der Waals surface area contributed by atoms with E-state index in [1.165, 1.54) is 18.4 Å². The SMILES string of the molecule is CC(NC1(CNC(=O)C2CCCC2O)CCCC1)c1ccccc1. The zero-order valence-corrected chi connectivity index (χ0v) is 14.6. The molecule has 3 N–H and O–H groups in total. The number of amides is 1. The van der Waals surface area contributed by atoms with Gasteiger partial charge in [-0.15, -0.1) is 0 Å². The molecule has 0 radical (unpaired) electrons. The molecule has 0 spiro atoms. The van der Waals surface area contributed by atoms with Gasteiger partial charge in [-0.3, -0.25) is 4.79 Å². The van der Waals surface area contributed by atoms with E-state index >= 15 is 0 Å². The Balaban J connectivity index is 1.60. The molecule has 3 atom stereocenters. The fourth-order valence-electron chi connectivity index (χ4n) is 4.34. The van der Waals surface area contributed by atoms with Crippen LogP contribution in [0.3, 0.4) is 0 Å². The van der Waals surface area contributed by atoms with E-state index in [-0.39, 0.29) is 23.4 Å². The molecule has 0 saturated heterocycles. The minimum Gasteiger partial charge on any atom is -0.392 e. The van der Waals surface area contributed by atoms with Crippen LogP contribution in [0.2, 0.25) is 0 Å². The van der Waals surface area contributed by atoms with E-state index in [0.29, 0.717) is 6.54 Å². The summed E-state index contributed by atoms with van der Waals surface area (Å²) < 4.78 is 0. The van der Waals surface area contributed by atoms with E-state index in [2.05, 4.69) is 41.8 Å². The van der Waals surface area contributed by atoms with E-state index in [1.54, 1.807) is 0 Å². The number of nitrogens with one attached hydrogen (secondary N) is 2. The van der Waals surface area contributed by atoms with Crippen molar-refractivity contribution in [2.45, 2.75) is 69.6 Å². The van der Waals surface area contributed by atoms with Crippen molar-refractivity contribution in [1.82, 2.24) is 10.6 Å².